The Morgan fingerprint density at radius 1 is 1.09 bits per heavy atom. The highest BCUT2D eigenvalue weighted by Gasteiger charge is 2.26. The van der Waals surface area contributed by atoms with Crippen LogP contribution in [-0.4, -0.2) is 48.6 Å². The summed E-state index contributed by atoms with van der Waals surface area (Å²) in [6, 6.07) is 9.08. The van der Waals surface area contributed by atoms with Gasteiger partial charge in [-0.15, -0.1) is 0 Å². The number of carbonyl (C=O) groups excluding carboxylic acids is 1. The summed E-state index contributed by atoms with van der Waals surface area (Å²) < 4.78 is 12.0. The number of aliphatic hydroxyl groups is 1. The molecule has 2 aliphatic heterocycles. The zero-order valence-corrected chi connectivity index (χ0v) is 19.1. The van der Waals surface area contributed by atoms with E-state index in [1.807, 2.05) is 51.1 Å². The molecule has 2 aliphatic rings. The molecule has 0 radical (unpaired) electrons. The van der Waals surface area contributed by atoms with Gasteiger partial charge in [0.05, 0.1) is 5.70 Å². The number of likely N-dealkylation sites (tertiary alicyclic amines) is 1. The SMILES string of the molecule is Cc1ccc(NC(=O)NC2=Cc3ccc(OC4CCN(C)CC4)c(C)c3OC2O)cc1C. The third-order valence-corrected chi connectivity index (χ3v) is 6.18. The van der Waals surface area contributed by atoms with E-state index in [2.05, 4.69) is 22.6 Å². The molecule has 7 nitrogen and oxygen atoms in total. The Bertz CT molecular complexity index is 1040. The lowest BCUT2D eigenvalue weighted by Gasteiger charge is -2.31. The lowest BCUT2D eigenvalue weighted by molar-refractivity contribution is 0.00796. The fourth-order valence-corrected chi connectivity index (χ4v) is 4.00. The topological polar surface area (TPSA) is 83.1 Å². The van der Waals surface area contributed by atoms with E-state index in [-0.39, 0.29) is 11.8 Å². The lowest BCUT2D eigenvalue weighted by Crippen LogP contribution is -2.37. The van der Waals surface area contributed by atoms with Gasteiger partial charge in [0.25, 0.3) is 0 Å². The van der Waals surface area contributed by atoms with Crippen molar-refractivity contribution in [2.24, 2.45) is 0 Å². The summed E-state index contributed by atoms with van der Waals surface area (Å²) in [6.07, 6.45) is 2.61. The number of urea groups is 1. The molecule has 0 saturated carbocycles. The molecule has 0 aliphatic carbocycles. The Kier molecular flexibility index (Phi) is 6.39. The van der Waals surface area contributed by atoms with Gasteiger partial charge in [0.2, 0.25) is 6.29 Å². The van der Waals surface area contributed by atoms with Crippen LogP contribution >= 0.6 is 0 Å². The van der Waals surface area contributed by atoms with Gasteiger partial charge < -0.3 is 30.1 Å². The van der Waals surface area contributed by atoms with Crippen LogP contribution in [0, 0.1) is 20.8 Å². The average molecular weight is 438 g/mol. The van der Waals surface area contributed by atoms with Gasteiger partial charge in [0.15, 0.2) is 0 Å². The van der Waals surface area contributed by atoms with E-state index in [1.165, 1.54) is 0 Å². The molecule has 2 amide bonds. The van der Waals surface area contributed by atoms with Gasteiger partial charge in [-0.05, 0) is 82.1 Å². The number of ether oxygens (including phenoxy) is 2. The molecule has 0 bridgehead atoms. The minimum atomic E-state index is -1.27. The number of rotatable bonds is 4. The first-order valence-electron chi connectivity index (χ1n) is 11.0. The van der Waals surface area contributed by atoms with E-state index in [0.29, 0.717) is 11.4 Å². The molecule has 1 atom stereocenters. The third kappa shape index (κ3) is 4.89. The van der Waals surface area contributed by atoms with E-state index in [1.54, 1.807) is 6.08 Å². The molecule has 1 saturated heterocycles. The van der Waals surface area contributed by atoms with E-state index in [4.69, 9.17) is 9.47 Å². The number of nitrogens with one attached hydrogen (secondary N) is 2. The minimum absolute atomic E-state index is 0.179. The van der Waals surface area contributed by atoms with Crippen molar-refractivity contribution in [1.29, 1.82) is 0 Å². The smallest absolute Gasteiger partial charge is 0.323 e. The second-order valence-electron chi connectivity index (χ2n) is 8.68. The summed E-state index contributed by atoms with van der Waals surface area (Å²) in [7, 11) is 2.12. The molecule has 32 heavy (non-hydrogen) atoms. The predicted octanol–water partition coefficient (Wildman–Crippen LogP) is 3.96. The Labute approximate surface area is 189 Å². The van der Waals surface area contributed by atoms with E-state index in [0.717, 1.165) is 53.9 Å². The van der Waals surface area contributed by atoms with Crippen molar-refractivity contribution in [2.45, 2.75) is 46.0 Å². The first-order chi connectivity index (χ1) is 15.3. The maximum absolute atomic E-state index is 12.4. The van der Waals surface area contributed by atoms with Crippen molar-refractivity contribution in [3.63, 3.8) is 0 Å². The molecule has 4 rings (SSSR count). The Morgan fingerprint density at radius 3 is 2.56 bits per heavy atom. The molecular weight excluding hydrogens is 406 g/mol. The van der Waals surface area contributed by atoms with Crippen LogP contribution in [0.5, 0.6) is 11.5 Å². The number of anilines is 1. The van der Waals surface area contributed by atoms with Gasteiger partial charge in [-0.25, -0.2) is 4.79 Å². The van der Waals surface area contributed by atoms with Gasteiger partial charge >= 0.3 is 6.03 Å². The molecule has 2 aromatic rings. The largest absolute Gasteiger partial charge is 0.490 e. The van der Waals surface area contributed by atoms with Gasteiger partial charge in [0, 0.05) is 29.9 Å². The van der Waals surface area contributed by atoms with Gasteiger partial charge in [-0.3, -0.25) is 0 Å². The highest BCUT2D eigenvalue weighted by molar-refractivity contribution is 5.91. The number of hydrogen-bond donors (Lipinski definition) is 3. The van der Waals surface area contributed by atoms with Crippen molar-refractivity contribution in [2.75, 3.05) is 25.5 Å². The Morgan fingerprint density at radius 2 is 1.84 bits per heavy atom. The maximum atomic E-state index is 12.4. The number of benzene rings is 2. The van der Waals surface area contributed by atoms with E-state index in [9.17, 15) is 9.90 Å². The number of carbonyl (C=O) groups is 1. The normalized spacial score (nSPS) is 18.9. The van der Waals surface area contributed by atoms with E-state index < -0.39 is 12.3 Å². The molecule has 2 heterocycles. The van der Waals surface area contributed by atoms with Crippen LogP contribution in [-0.2, 0) is 0 Å². The Balaban J connectivity index is 1.45. The Hall–Kier alpha value is -3.03. The predicted molar refractivity (Wildman–Crippen MR) is 125 cm³/mol. The second kappa shape index (κ2) is 9.22. The number of aliphatic hydroxyl groups excluding tert-OH is 1. The number of aryl methyl sites for hydroxylation is 2. The fraction of sp³-hybridized carbons (Fsp3) is 0.400. The van der Waals surface area contributed by atoms with Crippen LogP contribution < -0.4 is 20.1 Å². The van der Waals surface area contributed by atoms with Crippen molar-refractivity contribution < 1.29 is 19.4 Å². The summed E-state index contributed by atoms with van der Waals surface area (Å²) in [5.74, 6) is 1.34. The monoisotopic (exact) mass is 437 g/mol. The minimum Gasteiger partial charge on any atom is -0.490 e. The van der Waals surface area contributed by atoms with Crippen LogP contribution in [0.4, 0.5) is 10.5 Å². The van der Waals surface area contributed by atoms with Gasteiger partial charge in [0.1, 0.15) is 17.6 Å². The number of hydrogen-bond acceptors (Lipinski definition) is 5. The summed E-state index contributed by atoms with van der Waals surface area (Å²) in [5.41, 5.74) is 4.83. The fourth-order valence-electron chi connectivity index (χ4n) is 4.00. The summed E-state index contributed by atoms with van der Waals surface area (Å²) >= 11 is 0. The highest BCUT2D eigenvalue weighted by atomic mass is 16.6. The molecule has 170 valence electrons. The lowest BCUT2D eigenvalue weighted by atomic mass is 10.0. The van der Waals surface area contributed by atoms with Crippen molar-refractivity contribution in [1.82, 2.24) is 10.2 Å². The quantitative estimate of drug-likeness (QED) is 0.675. The average Bonchev–Trinajstić information content (AvgIpc) is 2.75. The van der Waals surface area contributed by atoms with Crippen molar-refractivity contribution >= 4 is 17.8 Å². The van der Waals surface area contributed by atoms with Crippen LogP contribution in [0.2, 0.25) is 0 Å². The van der Waals surface area contributed by atoms with Crippen LogP contribution in [0.3, 0.4) is 0 Å². The summed E-state index contributed by atoms with van der Waals surface area (Å²) in [5, 5.41) is 16.0. The molecule has 3 N–H and O–H groups in total. The van der Waals surface area contributed by atoms with Crippen molar-refractivity contribution in [3.8, 4) is 11.5 Å². The second-order valence-corrected chi connectivity index (χ2v) is 8.68. The molecule has 1 unspecified atom stereocenters. The first kappa shape index (κ1) is 22.2. The zero-order valence-electron chi connectivity index (χ0n) is 19.1. The molecule has 2 aromatic carbocycles. The highest BCUT2D eigenvalue weighted by Crippen LogP contribution is 2.37. The van der Waals surface area contributed by atoms with E-state index >= 15 is 0 Å². The van der Waals surface area contributed by atoms with Crippen LogP contribution in [0.25, 0.3) is 6.08 Å². The number of nitrogens with zero attached hydrogens (tertiary/aromatic N) is 1. The summed E-state index contributed by atoms with van der Waals surface area (Å²) in [6.45, 7) is 7.97. The van der Waals surface area contributed by atoms with Crippen LogP contribution in [0.1, 0.15) is 35.1 Å². The number of piperidine rings is 1. The molecule has 1 fully saturated rings. The standard InChI is InChI=1S/C25H31N3O4/c1-15-5-7-19(13-16(15)2)26-25(30)27-21-14-18-6-8-22(17(3)23(18)32-24(21)29)31-20-9-11-28(4)12-10-20/h5-8,13-14,20,24,29H,9-12H2,1-4H3,(H2,26,27,30). The molecule has 7 heteroatoms. The third-order valence-electron chi connectivity index (χ3n) is 6.18. The zero-order chi connectivity index (χ0) is 22.8. The number of amides is 2. The molecule has 0 aromatic heterocycles. The molecular formula is C25H31N3O4. The number of fused-ring (bicyclic) bond motifs is 1. The van der Waals surface area contributed by atoms with Gasteiger partial charge in [-0.2, -0.15) is 0 Å². The van der Waals surface area contributed by atoms with Crippen LogP contribution in [0.15, 0.2) is 36.0 Å². The maximum Gasteiger partial charge on any atom is 0.323 e. The molecule has 0 spiro atoms. The summed E-state index contributed by atoms with van der Waals surface area (Å²) in [4.78, 5) is 14.7. The van der Waals surface area contributed by atoms with Crippen molar-refractivity contribution in [3.05, 3.63) is 58.3 Å². The van der Waals surface area contributed by atoms with Gasteiger partial charge in [-0.1, -0.05) is 6.07 Å². The first-order valence-corrected chi connectivity index (χ1v) is 11.0.